The highest BCUT2D eigenvalue weighted by atomic mass is 35.5. The smallest absolute Gasteiger partial charge is 0.361 e. The van der Waals surface area contributed by atoms with Crippen molar-refractivity contribution < 1.29 is 27.2 Å². The van der Waals surface area contributed by atoms with E-state index in [0.29, 0.717) is 40.3 Å². The Balaban J connectivity index is 1.61. The Morgan fingerprint density at radius 1 is 1.28 bits per heavy atom. The normalized spacial score (nSPS) is 14.9. The van der Waals surface area contributed by atoms with Crippen LogP contribution in [0.25, 0.3) is 11.5 Å². The van der Waals surface area contributed by atoms with E-state index < -0.39 is 24.8 Å². The number of alkyl halides is 3. The van der Waals surface area contributed by atoms with Gasteiger partial charge in [0.2, 0.25) is 5.91 Å². The highest BCUT2D eigenvalue weighted by Crippen LogP contribution is 2.41. The molecule has 2 heterocycles. The number of hydrogen-bond acceptors (Lipinski definition) is 6. The van der Waals surface area contributed by atoms with Gasteiger partial charge >= 0.3 is 6.18 Å². The second-order valence-corrected chi connectivity index (χ2v) is 9.82. The van der Waals surface area contributed by atoms with E-state index in [2.05, 4.69) is 20.7 Å². The number of aromatic nitrogens is 4. The Morgan fingerprint density at radius 3 is 2.67 bits per heavy atom. The third-order valence-corrected chi connectivity index (χ3v) is 5.84. The molecule has 1 amide bonds. The van der Waals surface area contributed by atoms with Crippen molar-refractivity contribution in [3.63, 3.8) is 0 Å². The summed E-state index contributed by atoms with van der Waals surface area (Å²) in [6.07, 6.45) is -3.96. The second-order valence-electron chi connectivity index (χ2n) is 9.39. The first-order valence-corrected chi connectivity index (χ1v) is 12.0. The van der Waals surface area contributed by atoms with E-state index in [1.807, 2.05) is 13.8 Å². The third kappa shape index (κ3) is 6.64. The maximum Gasteiger partial charge on any atom is 0.411 e. The molecule has 0 saturated heterocycles. The summed E-state index contributed by atoms with van der Waals surface area (Å²) >= 11 is 5.96. The van der Waals surface area contributed by atoms with Gasteiger partial charge in [-0.15, -0.1) is 10.2 Å². The molecule has 1 N–H and O–H groups in total. The van der Waals surface area contributed by atoms with Crippen molar-refractivity contribution in [1.82, 2.24) is 19.9 Å². The second kappa shape index (κ2) is 10.6. The summed E-state index contributed by atoms with van der Waals surface area (Å²) in [6.45, 7) is 4.33. The molecule has 2 aromatic heterocycles. The molecule has 0 unspecified atom stereocenters. The Bertz CT molecular complexity index is 1220. The number of benzene rings is 1. The Labute approximate surface area is 211 Å². The lowest BCUT2D eigenvalue weighted by Gasteiger charge is -2.20. The molecule has 1 aliphatic rings. The van der Waals surface area contributed by atoms with Crippen LogP contribution < -0.4 is 5.32 Å². The fourth-order valence-corrected chi connectivity index (χ4v) is 4.09. The van der Waals surface area contributed by atoms with Gasteiger partial charge in [0.05, 0.1) is 6.42 Å². The highest BCUT2D eigenvalue weighted by Gasteiger charge is 2.37. The third-order valence-electron chi connectivity index (χ3n) is 5.60. The first-order chi connectivity index (χ1) is 17.0. The molecule has 1 atom stereocenters. The minimum Gasteiger partial charge on any atom is -0.361 e. The maximum atomic E-state index is 13.1. The Morgan fingerprint density at radius 2 is 2.03 bits per heavy atom. The first kappa shape index (κ1) is 26.2. The summed E-state index contributed by atoms with van der Waals surface area (Å²) in [5.41, 5.74) is 1.66. The molecule has 0 spiro atoms. The number of carbonyl (C=O) groups is 1. The highest BCUT2D eigenvalue weighted by molar-refractivity contribution is 6.30. The van der Waals surface area contributed by atoms with Gasteiger partial charge in [0.25, 0.3) is 0 Å². The van der Waals surface area contributed by atoms with Gasteiger partial charge in [0.15, 0.2) is 17.3 Å². The van der Waals surface area contributed by atoms with Crippen LogP contribution in [-0.2, 0) is 16.0 Å². The van der Waals surface area contributed by atoms with Gasteiger partial charge in [-0.1, -0.05) is 30.6 Å². The molecule has 3 aromatic rings. The van der Waals surface area contributed by atoms with E-state index in [4.69, 9.17) is 20.9 Å². The SMILES string of the molecule is Cc1cc(Cl)ccc1NC(=O)C[C@H](OCC(F)(F)F)c1nnc(-c2cc(CC(C)C)on2)n1C1CC1. The van der Waals surface area contributed by atoms with E-state index in [9.17, 15) is 18.0 Å². The van der Waals surface area contributed by atoms with Crippen LogP contribution in [0.5, 0.6) is 0 Å². The molecule has 0 bridgehead atoms. The average molecular weight is 526 g/mol. The van der Waals surface area contributed by atoms with Crippen molar-refractivity contribution in [2.45, 2.75) is 64.8 Å². The lowest BCUT2D eigenvalue weighted by atomic mass is 10.1. The summed E-state index contributed by atoms with van der Waals surface area (Å²) in [5, 5.41) is 15.7. The molecule has 8 nitrogen and oxygen atoms in total. The summed E-state index contributed by atoms with van der Waals surface area (Å²) in [6, 6.07) is 6.66. The standard InChI is InChI=1S/C24H27ClF3N5O3/c1-13(2)8-17-10-19(32-36-17)22-30-31-23(33(22)16-5-6-16)20(35-12-24(26,27)28)11-21(34)29-18-7-4-15(25)9-14(18)3/h4,7,9-10,13,16,20H,5-6,8,11-12H2,1-3H3,(H,29,34)/t20-/m0/s1. The fourth-order valence-electron chi connectivity index (χ4n) is 3.86. The van der Waals surface area contributed by atoms with E-state index in [1.54, 1.807) is 35.8 Å². The molecule has 4 rings (SSSR count). The average Bonchev–Trinajstić information content (AvgIpc) is 3.35. The Hall–Kier alpha value is -2.92. The van der Waals surface area contributed by atoms with Gasteiger partial charge in [-0.05, 0) is 49.4 Å². The molecular formula is C24H27ClF3N5O3. The number of nitrogens with one attached hydrogen (secondary N) is 1. The number of halogens is 4. The molecule has 0 aliphatic heterocycles. The number of aryl methyl sites for hydroxylation is 1. The van der Waals surface area contributed by atoms with Gasteiger partial charge < -0.3 is 19.1 Å². The lowest BCUT2D eigenvalue weighted by Crippen LogP contribution is -2.25. The molecule has 12 heteroatoms. The van der Waals surface area contributed by atoms with Crippen LogP contribution in [0.4, 0.5) is 18.9 Å². The van der Waals surface area contributed by atoms with Crippen molar-refractivity contribution in [2.75, 3.05) is 11.9 Å². The van der Waals surface area contributed by atoms with E-state index in [1.165, 1.54) is 0 Å². The van der Waals surface area contributed by atoms with Crippen LogP contribution in [-0.4, -0.2) is 38.6 Å². The van der Waals surface area contributed by atoms with Crippen LogP contribution in [0.1, 0.15) is 62.4 Å². The molecular weight excluding hydrogens is 499 g/mol. The fraction of sp³-hybridized carbons (Fsp3) is 0.500. The van der Waals surface area contributed by atoms with Crippen LogP contribution in [0.3, 0.4) is 0 Å². The van der Waals surface area contributed by atoms with Gasteiger partial charge in [0.1, 0.15) is 18.5 Å². The zero-order valence-electron chi connectivity index (χ0n) is 20.1. The predicted octanol–water partition coefficient (Wildman–Crippen LogP) is 6.08. The van der Waals surface area contributed by atoms with E-state index in [0.717, 1.165) is 18.4 Å². The molecule has 0 radical (unpaired) electrons. The van der Waals surface area contributed by atoms with Gasteiger partial charge in [0, 0.05) is 29.2 Å². The first-order valence-electron chi connectivity index (χ1n) is 11.6. The van der Waals surface area contributed by atoms with Gasteiger partial charge in [-0.2, -0.15) is 13.2 Å². The van der Waals surface area contributed by atoms with Crippen LogP contribution >= 0.6 is 11.6 Å². The lowest BCUT2D eigenvalue weighted by molar-refractivity contribution is -0.188. The van der Waals surface area contributed by atoms with Crippen molar-refractivity contribution >= 4 is 23.2 Å². The topological polar surface area (TPSA) is 95.1 Å². The van der Waals surface area contributed by atoms with Crippen molar-refractivity contribution in [3.05, 3.63) is 46.4 Å². The van der Waals surface area contributed by atoms with E-state index in [-0.39, 0.29) is 18.3 Å². The molecule has 1 fully saturated rings. The summed E-state index contributed by atoms with van der Waals surface area (Å²) in [4.78, 5) is 12.8. The minimum absolute atomic E-state index is 0.0196. The van der Waals surface area contributed by atoms with Crippen LogP contribution in [0.2, 0.25) is 5.02 Å². The number of anilines is 1. The summed E-state index contributed by atoms with van der Waals surface area (Å²) in [7, 11) is 0. The summed E-state index contributed by atoms with van der Waals surface area (Å²) < 4.78 is 51.5. The van der Waals surface area contributed by atoms with Crippen molar-refractivity contribution in [1.29, 1.82) is 0 Å². The minimum atomic E-state index is -4.58. The maximum absolute atomic E-state index is 13.1. The van der Waals surface area contributed by atoms with Crippen molar-refractivity contribution in [3.8, 4) is 11.5 Å². The number of carbonyl (C=O) groups excluding carboxylic acids is 1. The number of rotatable bonds is 10. The van der Waals surface area contributed by atoms with Crippen LogP contribution in [0, 0.1) is 12.8 Å². The zero-order chi connectivity index (χ0) is 26.0. The largest absolute Gasteiger partial charge is 0.411 e. The van der Waals surface area contributed by atoms with Crippen molar-refractivity contribution in [2.24, 2.45) is 5.92 Å². The molecule has 36 heavy (non-hydrogen) atoms. The number of nitrogens with zero attached hydrogens (tertiary/aromatic N) is 4. The van der Waals surface area contributed by atoms with Crippen LogP contribution in [0.15, 0.2) is 28.8 Å². The Kier molecular flexibility index (Phi) is 7.70. The molecule has 194 valence electrons. The predicted molar refractivity (Wildman–Crippen MR) is 127 cm³/mol. The molecule has 1 aliphatic carbocycles. The van der Waals surface area contributed by atoms with Gasteiger partial charge in [-0.25, -0.2) is 0 Å². The number of amides is 1. The molecule has 1 aromatic carbocycles. The zero-order valence-corrected chi connectivity index (χ0v) is 20.9. The van der Waals surface area contributed by atoms with Gasteiger partial charge in [-0.3, -0.25) is 4.79 Å². The number of hydrogen-bond donors (Lipinski definition) is 1. The summed E-state index contributed by atoms with van der Waals surface area (Å²) in [5.74, 6) is 1.02. The number of ether oxygens (including phenoxy) is 1. The monoisotopic (exact) mass is 525 g/mol. The quantitative estimate of drug-likeness (QED) is 0.345. The van der Waals surface area contributed by atoms with E-state index >= 15 is 0 Å². The molecule has 1 saturated carbocycles.